The molecule has 11 heavy (non-hydrogen) atoms. The van der Waals surface area contributed by atoms with E-state index in [0.717, 1.165) is 5.92 Å². The standard InChI is InChI=1S/C9H16N2/c1-4-8(5-10-2)9-6-11(3)7-9/h4-5,9H,6-7H2,1-3H3/b8-4+,10-5-. The van der Waals surface area contributed by atoms with Crippen LogP contribution in [0.1, 0.15) is 6.92 Å². The van der Waals surface area contributed by atoms with Crippen LogP contribution in [-0.2, 0) is 0 Å². The number of allylic oxidation sites excluding steroid dienone is 1. The number of aliphatic imine (C=N–C) groups is 1. The lowest BCUT2D eigenvalue weighted by Crippen LogP contribution is -2.44. The van der Waals surface area contributed by atoms with E-state index in [-0.39, 0.29) is 0 Å². The lowest BCUT2D eigenvalue weighted by Gasteiger charge is -2.36. The quantitative estimate of drug-likeness (QED) is 0.543. The lowest BCUT2D eigenvalue weighted by atomic mass is 9.92. The molecule has 0 unspecified atom stereocenters. The second-order valence-electron chi connectivity index (χ2n) is 3.09. The molecule has 1 aliphatic heterocycles. The minimum absolute atomic E-state index is 0.730. The van der Waals surface area contributed by atoms with E-state index in [1.165, 1.54) is 18.7 Å². The smallest absolute Gasteiger partial charge is 0.0277 e. The van der Waals surface area contributed by atoms with E-state index in [1.807, 2.05) is 13.3 Å². The highest BCUT2D eigenvalue weighted by atomic mass is 15.2. The van der Waals surface area contributed by atoms with E-state index < -0.39 is 0 Å². The van der Waals surface area contributed by atoms with Crippen LogP contribution in [0.4, 0.5) is 0 Å². The van der Waals surface area contributed by atoms with Crippen molar-refractivity contribution in [1.82, 2.24) is 4.90 Å². The third-order valence-corrected chi connectivity index (χ3v) is 2.15. The molecule has 2 nitrogen and oxygen atoms in total. The third-order valence-electron chi connectivity index (χ3n) is 2.15. The molecule has 62 valence electrons. The first-order valence-corrected chi connectivity index (χ1v) is 4.04. The summed E-state index contributed by atoms with van der Waals surface area (Å²) in [6.45, 7) is 4.45. The van der Waals surface area contributed by atoms with Gasteiger partial charge in [-0.25, -0.2) is 0 Å². The van der Waals surface area contributed by atoms with Crippen molar-refractivity contribution in [2.24, 2.45) is 10.9 Å². The Balaban J connectivity index is 2.45. The second kappa shape index (κ2) is 3.67. The van der Waals surface area contributed by atoms with E-state index in [9.17, 15) is 0 Å². The molecule has 0 radical (unpaired) electrons. The predicted molar refractivity (Wildman–Crippen MR) is 49.2 cm³/mol. The largest absolute Gasteiger partial charge is 0.305 e. The topological polar surface area (TPSA) is 15.6 Å². The van der Waals surface area contributed by atoms with Crippen LogP contribution < -0.4 is 0 Å². The Kier molecular flexibility index (Phi) is 2.83. The first kappa shape index (κ1) is 8.47. The minimum Gasteiger partial charge on any atom is -0.305 e. The van der Waals surface area contributed by atoms with Gasteiger partial charge in [0.05, 0.1) is 0 Å². The fourth-order valence-electron chi connectivity index (χ4n) is 1.47. The van der Waals surface area contributed by atoms with Crippen molar-refractivity contribution < 1.29 is 0 Å². The Morgan fingerprint density at radius 3 is 2.55 bits per heavy atom. The molecule has 1 rings (SSSR count). The van der Waals surface area contributed by atoms with E-state index in [0.29, 0.717) is 0 Å². The Hall–Kier alpha value is -0.630. The number of hydrogen-bond donors (Lipinski definition) is 0. The van der Waals surface area contributed by atoms with Gasteiger partial charge in [-0.3, -0.25) is 4.99 Å². The fraction of sp³-hybridized carbons (Fsp3) is 0.667. The van der Waals surface area contributed by atoms with Crippen molar-refractivity contribution in [3.8, 4) is 0 Å². The summed E-state index contributed by atoms with van der Waals surface area (Å²) in [5, 5.41) is 0. The molecular formula is C9H16N2. The average molecular weight is 152 g/mol. The van der Waals surface area contributed by atoms with Crippen molar-refractivity contribution in [3.63, 3.8) is 0 Å². The number of rotatable bonds is 2. The molecule has 0 aliphatic carbocycles. The minimum atomic E-state index is 0.730. The van der Waals surface area contributed by atoms with Gasteiger partial charge in [-0.2, -0.15) is 0 Å². The first-order chi connectivity index (χ1) is 5.27. The molecule has 1 saturated heterocycles. The Bertz CT molecular complexity index is 176. The SMILES string of the molecule is C/C=C(\C=N/C)C1CN(C)C1. The number of hydrogen-bond acceptors (Lipinski definition) is 2. The molecule has 0 bridgehead atoms. The second-order valence-corrected chi connectivity index (χ2v) is 3.09. The first-order valence-electron chi connectivity index (χ1n) is 4.04. The molecule has 0 atom stereocenters. The van der Waals surface area contributed by atoms with Crippen molar-refractivity contribution in [2.45, 2.75) is 6.92 Å². The summed E-state index contributed by atoms with van der Waals surface area (Å²) in [7, 11) is 3.97. The average Bonchev–Trinajstić information content (AvgIpc) is 1.95. The maximum atomic E-state index is 4.02. The molecule has 0 spiro atoms. The molecule has 0 aromatic carbocycles. The monoisotopic (exact) mass is 152 g/mol. The number of nitrogens with zero attached hydrogens (tertiary/aromatic N) is 2. The molecule has 0 aromatic rings. The highest BCUT2D eigenvalue weighted by molar-refractivity contribution is 5.79. The van der Waals surface area contributed by atoms with Gasteiger partial charge in [0.15, 0.2) is 0 Å². The van der Waals surface area contributed by atoms with Gasteiger partial charge in [0.2, 0.25) is 0 Å². The molecule has 0 aromatic heterocycles. The van der Waals surface area contributed by atoms with Gasteiger partial charge in [0.25, 0.3) is 0 Å². The van der Waals surface area contributed by atoms with Crippen LogP contribution in [-0.4, -0.2) is 38.3 Å². The van der Waals surface area contributed by atoms with Crippen molar-refractivity contribution in [3.05, 3.63) is 11.6 Å². The molecule has 2 heteroatoms. The van der Waals surface area contributed by atoms with E-state index in [2.05, 4.69) is 29.9 Å². The van der Waals surface area contributed by atoms with Crippen LogP contribution in [0.3, 0.4) is 0 Å². The van der Waals surface area contributed by atoms with Crippen LogP contribution >= 0.6 is 0 Å². The molecule has 0 amide bonds. The van der Waals surface area contributed by atoms with Crippen molar-refractivity contribution in [2.75, 3.05) is 27.2 Å². The predicted octanol–water partition coefficient (Wildman–Crippen LogP) is 1.19. The van der Waals surface area contributed by atoms with Crippen LogP contribution in [0.2, 0.25) is 0 Å². The van der Waals surface area contributed by atoms with E-state index in [1.54, 1.807) is 0 Å². The van der Waals surface area contributed by atoms with Crippen LogP contribution in [0.25, 0.3) is 0 Å². The van der Waals surface area contributed by atoms with Crippen molar-refractivity contribution >= 4 is 6.21 Å². The molecule has 0 N–H and O–H groups in total. The van der Waals surface area contributed by atoms with Crippen LogP contribution in [0, 0.1) is 5.92 Å². The Labute approximate surface area is 68.6 Å². The highest BCUT2D eigenvalue weighted by Crippen LogP contribution is 2.20. The van der Waals surface area contributed by atoms with E-state index in [4.69, 9.17) is 0 Å². The fourth-order valence-corrected chi connectivity index (χ4v) is 1.47. The van der Waals surface area contributed by atoms with E-state index >= 15 is 0 Å². The molecule has 1 fully saturated rings. The summed E-state index contributed by atoms with van der Waals surface area (Å²) in [6.07, 6.45) is 4.13. The Morgan fingerprint density at radius 2 is 2.18 bits per heavy atom. The van der Waals surface area contributed by atoms with Gasteiger partial charge in [0.1, 0.15) is 0 Å². The van der Waals surface area contributed by atoms with Gasteiger partial charge >= 0.3 is 0 Å². The Morgan fingerprint density at radius 1 is 1.55 bits per heavy atom. The maximum Gasteiger partial charge on any atom is 0.0277 e. The zero-order valence-corrected chi connectivity index (χ0v) is 7.54. The molecule has 1 heterocycles. The zero-order chi connectivity index (χ0) is 8.27. The number of likely N-dealkylation sites (tertiary alicyclic amines) is 1. The summed E-state index contributed by atoms with van der Waals surface area (Å²) >= 11 is 0. The lowest BCUT2D eigenvalue weighted by molar-refractivity contribution is 0.166. The molecular weight excluding hydrogens is 136 g/mol. The summed E-state index contributed by atoms with van der Waals surface area (Å²) in [6, 6.07) is 0. The zero-order valence-electron chi connectivity index (χ0n) is 7.54. The summed E-state index contributed by atoms with van der Waals surface area (Å²) < 4.78 is 0. The van der Waals surface area contributed by atoms with Gasteiger partial charge in [-0.05, 0) is 19.5 Å². The van der Waals surface area contributed by atoms with Crippen LogP contribution in [0.5, 0.6) is 0 Å². The van der Waals surface area contributed by atoms with Gasteiger partial charge in [-0.1, -0.05) is 6.08 Å². The third kappa shape index (κ3) is 1.90. The normalized spacial score (nSPS) is 22.6. The summed E-state index contributed by atoms with van der Waals surface area (Å²) in [4.78, 5) is 6.34. The van der Waals surface area contributed by atoms with Crippen molar-refractivity contribution in [1.29, 1.82) is 0 Å². The van der Waals surface area contributed by atoms with Gasteiger partial charge in [-0.15, -0.1) is 0 Å². The molecule has 1 aliphatic rings. The van der Waals surface area contributed by atoms with Crippen LogP contribution in [0.15, 0.2) is 16.6 Å². The maximum absolute atomic E-state index is 4.02. The summed E-state index contributed by atoms with van der Waals surface area (Å²) in [5.41, 5.74) is 1.38. The summed E-state index contributed by atoms with van der Waals surface area (Å²) in [5.74, 6) is 0.730. The molecule has 0 saturated carbocycles. The highest BCUT2D eigenvalue weighted by Gasteiger charge is 2.24. The van der Waals surface area contributed by atoms with Gasteiger partial charge < -0.3 is 4.90 Å². The van der Waals surface area contributed by atoms with Gasteiger partial charge in [0, 0.05) is 32.3 Å².